The molecule has 1 fully saturated rings. The summed E-state index contributed by atoms with van der Waals surface area (Å²) < 4.78 is 10.9. The molecule has 0 aromatic heterocycles. The van der Waals surface area contributed by atoms with Crippen LogP contribution in [-0.2, 0) is 4.74 Å². The van der Waals surface area contributed by atoms with Crippen LogP contribution >= 0.6 is 0 Å². The van der Waals surface area contributed by atoms with Crippen LogP contribution in [0.2, 0.25) is 0 Å². The van der Waals surface area contributed by atoms with Gasteiger partial charge in [-0.3, -0.25) is 10.1 Å². The van der Waals surface area contributed by atoms with E-state index < -0.39 is 4.92 Å². The Bertz CT molecular complexity index is 461. The predicted molar refractivity (Wildman–Crippen MR) is 75.4 cm³/mol. The van der Waals surface area contributed by atoms with Crippen LogP contribution in [0.25, 0.3) is 0 Å². The molecule has 0 saturated carbocycles. The maximum Gasteiger partial charge on any atom is 0.311 e. The Kier molecular flexibility index (Phi) is 5.14. The molecule has 7 heteroatoms. The molecular weight excluding hydrogens is 262 g/mol. The summed E-state index contributed by atoms with van der Waals surface area (Å²) in [5.74, 6) is 0.283. The van der Waals surface area contributed by atoms with Crippen LogP contribution in [0.4, 0.5) is 11.4 Å². The lowest BCUT2D eigenvalue weighted by molar-refractivity contribution is -0.385. The van der Waals surface area contributed by atoms with E-state index >= 15 is 0 Å². The number of nitrogens with one attached hydrogen (secondary N) is 2. The number of ether oxygens (including phenoxy) is 2. The third-order valence-electron chi connectivity index (χ3n) is 2.99. The Labute approximate surface area is 117 Å². The van der Waals surface area contributed by atoms with Crippen LogP contribution in [0.1, 0.15) is 6.92 Å². The first-order chi connectivity index (χ1) is 9.70. The van der Waals surface area contributed by atoms with E-state index in [9.17, 15) is 10.1 Å². The second kappa shape index (κ2) is 7.06. The molecule has 20 heavy (non-hydrogen) atoms. The summed E-state index contributed by atoms with van der Waals surface area (Å²) in [6.07, 6.45) is 0.106. The zero-order chi connectivity index (χ0) is 14.4. The Morgan fingerprint density at radius 2 is 2.45 bits per heavy atom. The van der Waals surface area contributed by atoms with Gasteiger partial charge in [-0.25, -0.2) is 0 Å². The maximum atomic E-state index is 10.9. The molecule has 0 amide bonds. The fourth-order valence-electron chi connectivity index (χ4n) is 2.03. The molecule has 1 saturated heterocycles. The van der Waals surface area contributed by atoms with Gasteiger partial charge in [0.25, 0.3) is 0 Å². The Balaban J connectivity index is 2.00. The van der Waals surface area contributed by atoms with Crippen molar-refractivity contribution in [3.8, 4) is 5.75 Å². The van der Waals surface area contributed by atoms with Crippen molar-refractivity contribution in [1.29, 1.82) is 0 Å². The van der Waals surface area contributed by atoms with Crippen molar-refractivity contribution in [3.63, 3.8) is 0 Å². The SMILES string of the molecule is CCOc1cc(NCC2CNCCO2)ccc1[N+](=O)[O-]. The second-order valence-electron chi connectivity index (χ2n) is 4.45. The van der Waals surface area contributed by atoms with E-state index in [1.165, 1.54) is 6.07 Å². The van der Waals surface area contributed by atoms with E-state index in [0.717, 1.165) is 18.8 Å². The van der Waals surface area contributed by atoms with E-state index in [1.807, 2.05) is 0 Å². The van der Waals surface area contributed by atoms with Gasteiger partial charge in [-0.2, -0.15) is 0 Å². The van der Waals surface area contributed by atoms with Crippen LogP contribution in [0.15, 0.2) is 18.2 Å². The molecule has 0 spiro atoms. The molecule has 2 N–H and O–H groups in total. The Hall–Kier alpha value is -1.86. The van der Waals surface area contributed by atoms with Gasteiger partial charge < -0.3 is 20.1 Å². The number of anilines is 1. The van der Waals surface area contributed by atoms with Gasteiger partial charge in [0.05, 0.1) is 24.2 Å². The van der Waals surface area contributed by atoms with Gasteiger partial charge in [-0.1, -0.05) is 0 Å². The first-order valence-electron chi connectivity index (χ1n) is 6.68. The normalized spacial score (nSPS) is 18.6. The highest BCUT2D eigenvalue weighted by atomic mass is 16.6. The number of hydrogen-bond acceptors (Lipinski definition) is 6. The van der Waals surface area contributed by atoms with Crippen LogP contribution in [0.3, 0.4) is 0 Å². The zero-order valence-corrected chi connectivity index (χ0v) is 11.4. The standard InChI is InChI=1S/C13H19N3O4/c1-2-19-13-7-10(3-4-12(13)16(17)18)15-9-11-8-14-5-6-20-11/h3-4,7,11,14-15H,2,5-6,8-9H2,1H3. The van der Waals surface area contributed by atoms with Crippen LogP contribution < -0.4 is 15.4 Å². The molecule has 1 heterocycles. The molecule has 1 unspecified atom stereocenters. The van der Waals surface area contributed by atoms with Crippen molar-refractivity contribution in [2.75, 3.05) is 38.2 Å². The molecule has 0 aliphatic carbocycles. The van der Waals surface area contributed by atoms with Gasteiger partial charge in [0.15, 0.2) is 5.75 Å². The number of hydrogen-bond donors (Lipinski definition) is 2. The average molecular weight is 281 g/mol. The minimum atomic E-state index is -0.442. The molecule has 1 aromatic rings. The molecule has 1 aromatic carbocycles. The minimum absolute atomic E-state index is 0.0204. The fourth-order valence-corrected chi connectivity index (χ4v) is 2.03. The number of morpholine rings is 1. The molecule has 1 atom stereocenters. The first kappa shape index (κ1) is 14.5. The molecule has 2 rings (SSSR count). The van der Waals surface area contributed by atoms with E-state index in [0.29, 0.717) is 19.8 Å². The van der Waals surface area contributed by atoms with E-state index in [2.05, 4.69) is 10.6 Å². The summed E-state index contributed by atoms with van der Waals surface area (Å²) in [5, 5.41) is 17.3. The summed E-state index contributed by atoms with van der Waals surface area (Å²) >= 11 is 0. The second-order valence-corrected chi connectivity index (χ2v) is 4.45. The van der Waals surface area contributed by atoms with Crippen molar-refractivity contribution < 1.29 is 14.4 Å². The van der Waals surface area contributed by atoms with Crippen molar-refractivity contribution in [2.45, 2.75) is 13.0 Å². The summed E-state index contributed by atoms with van der Waals surface area (Å²) in [6, 6.07) is 4.78. The summed E-state index contributed by atoms with van der Waals surface area (Å²) in [7, 11) is 0. The lowest BCUT2D eigenvalue weighted by Gasteiger charge is -2.24. The predicted octanol–water partition coefficient (Wildman–Crippen LogP) is 1.39. The summed E-state index contributed by atoms with van der Waals surface area (Å²) in [6.45, 7) is 5.22. The van der Waals surface area contributed by atoms with Gasteiger partial charge in [-0.15, -0.1) is 0 Å². The van der Waals surface area contributed by atoms with Crippen LogP contribution in [-0.4, -0.2) is 43.9 Å². The molecule has 1 aliphatic heterocycles. The van der Waals surface area contributed by atoms with Crippen LogP contribution in [0, 0.1) is 10.1 Å². The number of nitro groups is 1. The summed E-state index contributed by atoms with van der Waals surface area (Å²) in [5.41, 5.74) is 0.765. The van der Waals surface area contributed by atoms with Gasteiger partial charge in [0, 0.05) is 37.5 Å². The van der Waals surface area contributed by atoms with Crippen LogP contribution in [0.5, 0.6) is 5.75 Å². The smallest absolute Gasteiger partial charge is 0.311 e. The fraction of sp³-hybridized carbons (Fsp3) is 0.538. The van der Waals surface area contributed by atoms with Crippen molar-refractivity contribution >= 4 is 11.4 Å². The summed E-state index contributed by atoms with van der Waals surface area (Å²) in [4.78, 5) is 10.4. The van der Waals surface area contributed by atoms with E-state index in [-0.39, 0.29) is 17.5 Å². The molecule has 0 radical (unpaired) electrons. The van der Waals surface area contributed by atoms with Gasteiger partial charge in [0.2, 0.25) is 0 Å². The molecule has 110 valence electrons. The van der Waals surface area contributed by atoms with Crippen molar-refractivity contribution in [3.05, 3.63) is 28.3 Å². The number of rotatable bonds is 6. The molecule has 1 aliphatic rings. The highest BCUT2D eigenvalue weighted by Gasteiger charge is 2.17. The van der Waals surface area contributed by atoms with Gasteiger partial charge >= 0.3 is 5.69 Å². The number of benzene rings is 1. The molecule has 0 bridgehead atoms. The molecular formula is C13H19N3O4. The minimum Gasteiger partial charge on any atom is -0.487 e. The number of nitro benzene ring substituents is 1. The van der Waals surface area contributed by atoms with Gasteiger partial charge in [0.1, 0.15) is 0 Å². The lowest BCUT2D eigenvalue weighted by Crippen LogP contribution is -2.42. The Morgan fingerprint density at radius 1 is 1.60 bits per heavy atom. The number of nitrogens with zero attached hydrogens (tertiary/aromatic N) is 1. The quantitative estimate of drug-likeness (QED) is 0.605. The highest BCUT2D eigenvalue weighted by Crippen LogP contribution is 2.30. The average Bonchev–Trinajstić information content (AvgIpc) is 2.46. The van der Waals surface area contributed by atoms with Gasteiger partial charge in [-0.05, 0) is 13.0 Å². The largest absolute Gasteiger partial charge is 0.487 e. The highest BCUT2D eigenvalue weighted by molar-refractivity contribution is 5.58. The van der Waals surface area contributed by atoms with Crippen molar-refractivity contribution in [2.24, 2.45) is 0 Å². The zero-order valence-electron chi connectivity index (χ0n) is 11.4. The van der Waals surface area contributed by atoms with E-state index in [1.54, 1.807) is 19.1 Å². The monoisotopic (exact) mass is 281 g/mol. The van der Waals surface area contributed by atoms with E-state index in [4.69, 9.17) is 9.47 Å². The molecule has 7 nitrogen and oxygen atoms in total. The Morgan fingerprint density at radius 3 is 3.10 bits per heavy atom. The maximum absolute atomic E-state index is 10.9. The first-order valence-corrected chi connectivity index (χ1v) is 6.68. The van der Waals surface area contributed by atoms with Crippen molar-refractivity contribution in [1.82, 2.24) is 5.32 Å². The third kappa shape index (κ3) is 3.82. The lowest BCUT2D eigenvalue weighted by atomic mass is 10.2. The third-order valence-corrected chi connectivity index (χ3v) is 2.99. The topological polar surface area (TPSA) is 85.7 Å².